The van der Waals surface area contributed by atoms with Gasteiger partial charge in [0, 0.05) is 52.7 Å². The maximum atomic E-state index is 13.5. The van der Waals surface area contributed by atoms with Gasteiger partial charge in [0.05, 0.1) is 22.9 Å². The van der Waals surface area contributed by atoms with Crippen molar-refractivity contribution in [2.45, 2.75) is 45.2 Å². The Bertz CT molecular complexity index is 1430. The monoisotopic (exact) mass is 558 g/mol. The summed E-state index contributed by atoms with van der Waals surface area (Å²) in [5, 5.41) is 1.91. The van der Waals surface area contributed by atoms with Crippen LogP contribution in [0.5, 0.6) is 0 Å². The van der Waals surface area contributed by atoms with E-state index in [2.05, 4.69) is 53.6 Å². The number of hydrogen-bond acceptors (Lipinski definition) is 8. The van der Waals surface area contributed by atoms with Crippen molar-refractivity contribution in [3.8, 4) is 0 Å². The Morgan fingerprint density at radius 2 is 1.22 bits per heavy atom. The highest BCUT2D eigenvalue weighted by atomic mass is 16.2. The van der Waals surface area contributed by atoms with E-state index in [4.69, 9.17) is 0 Å². The molecule has 12 nitrogen and oxygen atoms in total. The Labute approximate surface area is 239 Å². The van der Waals surface area contributed by atoms with E-state index in [1.807, 2.05) is 48.4 Å². The molecular weight excluding hydrogens is 520 g/mol. The summed E-state index contributed by atoms with van der Waals surface area (Å²) in [5.74, 6) is 2.22. The minimum Gasteiger partial charge on any atom is -0.354 e. The summed E-state index contributed by atoms with van der Waals surface area (Å²) in [5.41, 5.74) is 1.58. The lowest BCUT2D eigenvalue weighted by molar-refractivity contribution is -0.142. The lowest BCUT2D eigenvalue weighted by Crippen LogP contribution is -2.55. The fraction of sp³-hybridized carbons (Fsp3) is 0.517. The van der Waals surface area contributed by atoms with Crippen LogP contribution in [-0.4, -0.2) is 104 Å². The number of anilines is 2. The normalized spacial score (nSPS) is 23.2. The van der Waals surface area contributed by atoms with Crippen molar-refractivity contribution in [1.82, 2.24) is 39.7 Å². The van der Waals surface area contributed by atoms with Gasteiger partial charge in [0.1, 0.15) is 42.0 Å². The molecule has 6 heterocycles. The number of piperidine rings is 2. The van der Waals surface area contributed by atoms with Gasteiger partial charge in [0.25, 0.3) is 0 Å². The number of carbonyl (C=O) groups excluding carboxylic acids is 2. The second kappa shape index (κ2) is 11.0. The molecule has 2 aliphatic rings. The van der Waals surface area contributed by atoms with Gasteiger partial charge in [-0.3, -0.25) is 9.59 Å². The van der Waals surface area contributed by atoms with E-state index in [9.17, 15) is 9.59 Å². The zero-order chi connectivity index (χ0) is 28.7. The lowest BCUT2D eigenvalue weighted by Gasteiger charge is -2.43. The fourth-order valence-corrected chi connectivity index (χ4v) is 6.51. The summed E-state index contributed by atoms with van der Waals surface area (Å²) >= 11 is 0. The first-order valence-electron chi connectivity index (χ1n) is 14.4. The highest BCUT2D eigenvalue weighted by Gasteiger charge is 2.36. The Morgan fingerprint density at radius 1 is 0.780 bits per heavy atom. The van der Waals surface area contributed by atoms with Gasteiger partial charge in [-0.05, 0) is 36.8 Å². The topological polar surface area (TPSA) is 130 Å². The highest BCUT2D eigenvalue weighted by molar-refractivity contribution is 5.97. The minimum absolute atomic E-state index is 0.0859. The van der Waals surface area contributed by atoms with E-state index in [0.29, 0.717) is 38.0 Å². The van der Waals surface area contributed by atoms with Crippen molar-refractivity contribution in [1.29, 1.82) is 0 Å². The standard InChI is InChI=1S/C29H38N10O2/c1-18-7-11-38(14-22(18)36(3)28-20-5-9-30-26(20)32-16-34-28)24(40)13-25(41)39-12-8-19(2)23(15-39)37(4)29-21-6-10-31-27(21)33-17-35-29/h5-6,9-10,16-19,22-23H,7-8,11-15H2,1-4H3,(H,30,32,34)(H,31,33,35)/t18-,19-,22+,23+/m1/s1. The Kier molecular flexibility index (Phi) is 7.22. The van der Waals surface area contributed by atoms with Crippen LogP contribution in [-0.2, 0) is 9.59 Å². The molecule has 4 aromatic heterocycles. The van der Waals surface area contributed by atoms with Crippen LogP contribution in [0.15, 0.2) is 37.2 Å². The Hall–Kier alpha value is -4.22. The molecule has 216 valence electrons. The number of rotatable bonds is 6. The predicted octanol–water partition coefficient (Wildman–Crippen LogP) is 2.67. The molecule has 0 bridgehead atoms. The third kappa shape index (κ3) is 5.07. The molecule has 2 amide bonds. The smallest absolute Gasteiger partial charge is 0.232 e. The van der Waals surface area contributed by atoms with Crippen molar-refractivity contribution in [2.75, 3.05) is 50.1 Å². The molecule has 4 atom stereocenters. The average molecular weight is 559 g/mol. The van der Waals surface area contributed by atoms with Gasteiger partial charge in [0.2, 0.25) is 11.8 Å². The van der Waals surface area contributed by atoms with Gasteiger partial charge >= 0.3 is 0 Å². The van der Waals surface area contributed by atoms with Crippen LogP contribution in [0.3, 0.4) is 0 Å². The van der Waals surface area contributed by atoms with Crippen molar-refractivity contribution in [3.63, 3.8) is 0 Å². The number of H-pyrrole nitrogens is 2. The first-order valence-corrected chi connectivity index (χ1v) is 14.4. The third-order valence-corrected chi connectivity index (χ3v) is 9.17. The molecule has 4 aromatic rings. The van der Waals surface area contributed by atoms with Crippen LogP contribution in [0.1, 0.15) is 33.1 Å². The van der Waals surface area contributed by atoms with Gasteiger partial charge in [0.15, 0.2) is 0 Å². The molecule has 41 heavy (non-hydrogen) atoms. The van der Waals surface area contributed by atoms with Gasteiger partial charge in [-0.15, -0.1) is 0 Å². The van der Waals surface area contributed by atoms with Crippen molar-refractivity contribution in [2.24, 2.45) is 11.8 Å². The minimum atomic E-state index is -0.110. The highest BCUT2D eigenvalue weighted by Crippen LogP contribution is 2.31. The number of amides is 2. The predicted molar refractivity (Wildman–Crippen MR) is 157 cm³/mol. The first-order chi connectivity index (χ1) is 19.8. The zero-order valence-electron chi connectivity index (χ0n) is 24.1. The molecule has 0 spiro atoms. The molecule has 0 unspecified atom stereocenters. The van der Waals surface area contributed by atoms with Crippen LogP contribution in [0, 0.1) is 11.8 Å². The van der Waals surface area contributed by atoms with Crippen LogP contribution in [0.4, 0.5) is 11.6 Å². The average Bonchev–Trinajstić information content (AvgIpc) is 3.66. The Balaban J connectivity index is 1.11. The quantitative estimate of drug-likeness (QED) is 0.346. The first kappa shape index (κ1) is 27.0. The summed E-state index contributed by atoms with van der Waals surface area (Å²) in [4.78, 5) is 58.9. The molecule has 6 rings (SSSR count). The molecule has 2 aliphatic heterocycles. The number of nitrogens with zero attached hydrogens (tertiary/aromatic N) is 8. The third-order valence-electron chi connectivity index (χ3n) is 9.17. The molecule has 2 N–H and O–H groups in total. The number of aromatic nitrogens is 6. The molecule has 0 aliphatic carbocycles. The van der Waals surface area contributed by atoms with Gasteiger partial charge in [-0.1, -0.05) is 13.8 Å². The molecule has 2 fully saturated rings. The second-order valence-electron chi connectivity index (χ2n) is 11.6. The zero-order valence-corrected chi connectivity index (χ0v) is 24.1. The maximum Gasteiger partial charge on any atom is 0.232 e. The van der Waals surface area contributed by atoms with E-state index in [1.54, 1.807) is 12.7 Å². The summed E-state index contributed by atoms with van der Waals surface area (Å²) in [6.45, 7) is 6.86. The van der Waals surface area contributed by atoms with Crippen LogP contribution < -0.4 is 9.80 Å². The van der Waals surface area contributed by atoms with E-state index in [1.165, 1.54) is 0 Å². The van der Waals surface area contributed by atoms with Crippen LogP contribution in [0.25, 0.3) is 22.1 Å². The van der Waals surface area contributed by atoms with Crippen molar-refractivity contribution < 1.29 is 9.59 Å². The number of fused-ring (bicyclic) bond motifs is 2. The summed E-state index contributed by atoms with van der Waals surface area (Å²) in [7, 11) is 4.05. The van der Waals surface area contributed by atoms with E-state index in [-0.39, 0.29) is 30.3 Å². The van der Waals surface area contributed by atoms with Crippen molar-refractivity contribution in [3.05, 3.63) is 37.2 Å². The van der Waals surface area contributed by atoms with Gasteiger partial charge in [-0.2, -0.15) is 0 Å². The summed E-state index contributed by atoms with van der Waals surface area (Å²) in [6, 6.07) is 4.13. The van der Waals surface area contributed by atoms with Crippen molar-refractivity contribution >= 4 is 45.5 Å². The maximum absolute atomic E-state index is 13.5. The molecular formula is C29H38N10O2. The fourth-order valence-electron chi connectivity index (χ4n) is 6.51. The molecule has 0 saturated carbocycles. The summed E-state index contributed by atoms with van der Waals surface area (Å²) < 4.78 is 0. The molecule has 0 radical (unpaired) electrons. The van der Waals surface area contributed by atoms with E-state index < -0.39 is 0 Å². The number of likely N-dealkylation sites (tertiary alicyclic amines) is 2. The number of hydrogen-bond donors (Lipinski definition) is 2. The number of likely N-dealkylation sites (N-methyl/N-ethyl adjacent to an activating group) is 2. The summed E-state index contributed by atoms with van der Waals surface area (Å²) in [6.07, 6.45) is 8.49. The SMILES string of the molecule is C[C@@H]1CCN(C(=O)CC(=O)N2CC[C@@H](C)[C@@H](N(C)c3ncnc4[nH]ccc34)C2)C[C@@H]1N(C)c1ncnc2[nH]ccc12. The van der Waals surface area contributed by atoms with Crippen LogP contribution >= 0.6 is 0 Å². The molecule has 2 saturated heterocycles. The number of carbonyl (C=O) groups is 2. The van der Waals surface area contributed by atoms with E-state index >= 15 is 0 Å². The van der Waals surface area contributed by atoms with E-state index in [0.717, 1.165) is 46.5 Å². The number of nitrogens with one attached hydrogen (secondary N) is 2. The molecule has 12 heteroatoms. The van der Waals surface area contributed by atoms with Gasteiger partial charge in [-0.25, -0.2) is 19.9 Å². The number of aromatic amines is 2. The largest absolute Gasteiger partial charge is 0.354 e. The second-order valence-corrected chi connectivity index (χ2v) is 11.6. The lowest BCUT2D eigenvalue weighted by atomic mass is 9.91. The van der Waals surface area contributed by atoms with Crippen LogP contribution in [0.2, 0.25) is 0 Å². The van der Waals surface area contributed by atoms with Gasteiger partial charge < -0.3 is 29.6 Å². The Morgan fingerprint density at radius 3 is 1.66 bits per heavy atom. The molecule has 0 aromatic carbocycles.